The monoisotopic (exact) mass is 349 g/mol. The van der Waals surface area contributed by atoms with Crippen LogP contribution in [0.2, 0.25) is 0 Å². The van der Waals surface area contributed by atoms with Gasteiger partial charge in [0, 0.05) is 37.8 Å². The number of rotatable bonds is 3. The molecule has 2 aromatic rings. The van der Waals surface area contributed by atoms with Gasteiger partial charge in [-0.2, -0.15) is 0 Å². The van der Waals surface area contributed by atoms with Crippen LogP contribution in [0.15, 0.2) is 42.6 Å². The molecule has 7 heteroatoms. The van der Waals surface area contributed by atoms with Crippen LogP contribution in [-0.4, -0.2) is 29.0 Å². The van der Waals surface area contributed by atoms with Gasteiger partial charge in [-0.3, -0.25) is 4.98 Å². The van der Waals surface area contributed by atoms with Gasteiger partial charge in [-0.1, -0.05) is 12.1 Å². The SMILES string of the molecule is O=C(Nc1ccc(CF)cc1)N1CCC(F)(c2ncccc2F)CC1. The van der Waals surface area contributed by atoms with Crippen LogP contribution in [0.1, 0.15) is 24.1 Å². The highest BCUT2D eigenvalue weighted by molar-refractivity contribution is 5.89. The maximum Gasteiger partial charge on any atom is 0.321 e. The highest BCUT2D eigenvalue weighted by atomic mass is 19.1. The molecule has 4 nitrogen and oxygen atoms in total. The number of aromatic nitrogens is 1. The Balaban J connectivity index is 1.61. The highest BCUT2D eigenvalue weighted by Gasteiger charge is 2.40. The summed E-state index contributed by atoms with van der Waals surface area (Å²) in [5, 5.41) is 2.69. The zero-order valence-electron chi connectivity index (χ0n) is 13.5. The lowest BCUT2D eigenvalue weighted by atomic mass is 9.89. The highest BCUT2D eigenvalue weighted by Crippen LogP contribution is 2.37. The zero-order valence-corrected chi connectivity index (χ0v) is 13.5. The smallest absolute Gasteiger partial charge is 0.321 e. The van der Waals surface area contributed by atoms with E-state index >= 15 is 4.39 Å². The predicted molar refractivity (Wildman–Crippen MR) is 88.1 cm³/mol. The van der Waals surface area contributed by atoms with Crippen LogP contribution in [0.25, 0.3) is 0 Å². The predicted octanol–water partition coefficient (Wildman–Crippen LogP) is 4.18. The van der Waals surface area contributed by atoms with Crippen LogP contribution in [-0.2, 0) is 12.3 Å². The number of anilines is 1. The molecule has 1 fully saturated rings. The molecule has 25 heavy (non-hydrogen) atoms. The van der Waals surface area contributed by atoms with Crippen molar-refractivity contribution in [3.05, 3.63) is 59.7 Å². The van der Waals surface area contributed by atoms with Crippen molar-refractivity contribution >= 4 is 11.7 Å². The van der Waals surface area contributed by atoms with E-state index in [2.05, 4.69) is 10.3 Å². The topological polar surface area (TPSA) is 45.2 Å². The molecule has 0 radical (unpaired) electrons. The van der Waals surface area contributed by atoms with E-state index in [1.807, 2.05) is 0 Å². The van der Waals surface area contributed by atoms with E-state index in [0.717, 1.165) is 0 Å². The second kappa shape index (κ2) is 7.13. The van der Waals surface area contributed by atoms with Gasteiger partial charge in [-0.05, 0) is 29.8 Å². The Kier molecular flexibility index (Phi) is 4.92. The number of piperidine rings is 1. The van der Waals surface area contributed by atoms with Crippen LogP contribution in [0, 0.1) is 5.82 Å². The number of likely N-dealkylation sites (tertiary alicyclic amines) is 1. The summed E-state index contributed by atoms with van der Waals surface area (Å²) in [6, 6.07) is 8.63. The van der Waals surface area contributed by atoms with Gasteiger partial charge in [-0.15, -0.1) is 0 Å². The quantitative estimate of drug-likeness (QED) is 0.903. The lowest BCUT2D eigenvalue weighted by molar-refractivity contribution is 0.0647. The van der Waals surface area contributed by atoms with Gasteiger partial charge in [0.15, 0.2) is 5.67 Å². The number of urea groups is 1. The molecule has 2 heterocycles. The number of nitrogens with one attached hydrogen (secondary N) is 1. The molecule has 0 spiro atoms. The molecule has 1 saturated heterocycles. The third kappa shape index (κ3) is 3.75. The van der Waals surface area contributed by atoms with Crippen molar-refractivity contribution in [1.82, 2.24) is 9.88 Å². The molecule has 1 aliphatic rings. The summed E-state index contributed by atoms with van der Waals surface area (Å²) in [6.45, 7) is -0.259. The van der Waals surface area contributed by atoms with Crippen LogP contribution < -0.4 is 5.32 Å². The molecule has 0 bridgehead atoms. The Morgan fingerprint density at radius 2 is 1.88 bits per heavy atom. The third-order valence-corrected chi connectivity index (χ3v) is 4.39. The molecule has 1 N–H and O–H groups in total. The number of hydrogen-bond acceptors (Lipinski definition) is 2. The summed E-state index contributed by atoms with van der Waals surface area (Å²) in [6.07, 6.45) is 1.32. The number of pyridine rings is 1. The van der Waals surface area contributed by atoms with E-state index in [9.17, 15) is 13.6 Å². The maximum atomic E-state index is 15.0. The fourth-order valence-corrected chi connectivity index (χ4v) is 2.90. The van der Waals surface area contributed by atoms with Crippen LogP contribution in [0.5, 0.6) is 0 Å². The number of benzene rings is 1. The Morgan fingerprint density at radius 3 is 2.48 bits per heavy atom. The molecule has 2 amide bonds. The van der Waals surface area contributed by atoms with Crippen LogP contribution >= 0.6 is 0 Å². The van der Waals surface area contributed by atoms with Crippen molar-refractivity contribution in [2.75, 3.05) is 18.4 Å². The van der Waals surface area contributed by atoms with Gasteiger partial charge in [0.1, 0.15) is 18.2 Å². The molecule has 1 aromatic carbocycles. The van der Waals surface area contributed by atoms with Crippen molar-refractivity contribution in [2.24, 2.45) is 0 Å². The molecule has 0 saturated carbocycles. The first-order valence-corrected chi connectivity index (χ1v) is 8.02. The average molecular weight is 349 g/mol. The molecule has 132 valence electrons. The Hall–Kier alpha value is -2.57. The molecule has 0 aliphatic carbocycles. The van der Waals surface area contributed by atoms with E-state index in [1.54, 1.807) is 24.3 Å². The first-order valence-electron chi connectivity index (χ1n) is 8.02. The van der Waals surface area contributed by atoms with Gasteiger partial charge in [-0.25, -0.2) is 18.0 Å². The largest absolute Gasteiger partial charge is 0.324 e. The summed E-state index contributed by atoms with van der Waals surface area (Å²) in [5.41, 5.74) is -1.01. The molecular weight excluding hydrogens is 331 g/mol. The average Bonchev–Trinajstić information content (AvgIpc) is 2.63. The molecular formula is C18H18F3N3O. The Labute approximate surface area is 143 Å². The number of carbonyl (C=O) groups excluding carboxylic acids is 1. The van der Waals surface area contributed by atoms with Crippen molar-refractivity contribution < 1.29 is 18.0 Å². The van der Waals surface area contributed by atoms with Gasteiger partial charge in [0.25, 0.3) is 0 Å². The first-order chi connectivity index (χ1) is 12.0. The third-order valence-electron chi connectivity index (χ3n) is 4.39. The Bertz CT molecular complexity index is 743. The number of halogens is 3. The lowest BCUT2D eigenvalue weighted by Crippen LogP contribution is -2.45. The van der Waals surface area contributed by atoms with Crippen molar-refractivity contribution in [3.8, 4) is 0 Å². The number of alkyl halides is 2. The minimum Gasteiger partial charge on any atom is -0.324 e. The van der Waals surface area contributed by atoms with Gasteiger partial charge >= 0.3 is 6.03 Å². The minimum absolute atomic E-state index is 0.0187. The van der Waals surface area contributed by atoms with Crippen molar-refractivity contribution in [2.45, 2.75) is 25.2 Å². The molecule has 3 rings (SSSR count). The summed E-state index contributed by atoms with van der Waals surface area (Å²) < 4.78 is 41.3. The van der Waals surface area contributed by atoms with E-state index < -0.39 is 18.2 Å². The van der Waals surface area contributed by atoms with E-state index in [4.69, 9.17) is 0 Å². The summed E-state index contributed by atoms with van der Waals surface area (Å²) in [4.78, 5) is 17.6. The fourth-order valence-electron chi connectivity index (χ4n) is 2.90. The van der Waals surface area contributed by atoms with Gasteiger partial charge in [0.05, 0.1) is 0 Å². The molecule has 1 aliphatic heterocycles. The van der Waals surface area contributed by atoms with Crippen molar-refractivity contribution in [3.63, 3.8) is 0 Å². The first kappa shape index (κ1) is 17.3. The van der Waals surface area contributed by atoms with Crippen LogP contribution in [0.3, 0.4) is 0 Å². The van der Waals surface area contributed by atoms with Gasteiger partial charge < -0.3 is 10.2 Å². The number of nitrogens with zero attached hydrogens (tertiary/aromatic N) is 2. The number of amides is 2. The number of hydrogen-bond donors (Lipinski definition) is 1. The summed E-state index contributed by atoms with van der Waals surface area (Å²) in [5.74, 6) is -0.671. The molecule has 1 aromatic heterocycles. The summed E-state index contributed by atoms with van der Waals surface area (Å²) >= 11 is 0. The normalized spacial score (nSPS) is 16.5. The number of carbonyl (C=O) groups is 1. The fraction of sp³-hybridized carbons (Fsp3) is 0.333. The second-order valence-electron chi connectivity index (χ2n) is 6.05. The van der Waals surface area contributed by atoms with E-state index in [1.165, 1.54) is 23.2 Å². The lowest BCUT2D eigenvalue weighted by Gasteiger charge is -2.36. The maximum absolute atomic E-state index is 15.0. The van der Waals surface area contributed by atoms with E-state index in [0.29, 0.717) is 11.3 Å². The van der Waals surface area contributed by atoms with Crippen molar-refractivity contribution in [1.29, 1.82) is 0 Å². The minimum atomic E-state index is -1.87. The van der Waals surface area contributed by atoms with Gasteiger partial charge in [0.2, 0.25) is 0 Å². The summed E-state index contributed by atoms with van der Waals surface area (Å²) in [7, 11) is 0. The second-order valence-corrected chi connectivity index (χ2v) is 6.05. The van der Waals surface area contributed by atoms with Crippen LogP contribution in [0.4, 0.5) is 23.7 Å². The Morgan fingerprint density at radius 1 is 1.20 bits per heavy atom. The van der Waals surface area contributed by atoms with E-state index in [-0.39, 0.29) is 37.7 Å². The standard InChI is InChI=1S/C18H18F3N3O/c19-12-13-3-5-14(6-4-13)23-17(25)24-10-7-18(21,8-11-24)16-15(20)2-1-9-22-16/h1-6,9H,7-8,10-12H2,(H,23,25). The zero-order chi connectivity index (χ0) is 17.9. The molecule has 0 unspecified atom stereocenters. The molecule has 0 atom stereocenters.